The van der Waals surface area contributed by atoms with Crippen LogP contribution in [0.3, 0.4) is 0 Å². The summed E-state index contributed by atoms with van der Waals surface area (Å²) in [7, 11) is 0. The van der Waals surface area contributed by atoms with Crippen molar-refractivity contribution in [2.75, 3.05) is 10.6 Å². The summed E-state index contributed by atoms with van der Waals surface area (Å²) >= 11 is 12.1. The molecule has 8 heteroatoms. The Morgan fingerprint density at radius 3 is 2.44 bits per heavy atom. The predicted molar refractivity (Wildman–Crippen MR) is 96.2 cm³/mol. The van der Waals surface area contributed by atoms with E-state index >= 15 is 0 Å². The highest BCUT2D eigenvalue weighted by molar-refractivity contribution is 6.35. The van der Waals surface area contributed by atoms with Gasteiger partial charge in [0.2, 0.25) is 5.95 Å². The average molecular weight is 381 g/mol. The van der Waals surface area contributed by atoms with E-state index in [1.165, 1.54) is 6.07 Å². The minimum Gasteiger partial charge on any atom is -0.340 e. The fraction of sp³-hybridized carbons (Fsp3) is 0.0588. The summed E-state index contributed by atoms with van der Waals surface area (Å²) in [6, 6.07) is 10.1. The van der Waals surface area contributed by atoms with Crippen molar-refractivity contribution >= 4 is 46.3 Å². The molecule has 0 saturated heterocycles. The third-order valence-corrected chi connectivity index (χ3v) is 3.79. The number of halogens is 4. The third kappa shape index (κ3) is 4.35. The molecule has 0 spiro atoms. The Balaban J connectivity index is 1.87. The highest BCUT2D eigenvalue weighted by Gasteiger charge is 2.08. The summed E-state index contributed by atoms with van der Waals surface area (Å²) in [4.78, 5) is 8.57. The van der Waals surface area contributed by atoms with E-state index in [0.717, 1.165) is 12.1 Å². The Hall–Kier alpha value is -2.44. The van der Waals surface area contributed by atoms with E-state index in [-0.39, 0.29) is 5.95 Å². The molecule has 0 unspecified atom stereocenters. The van der Waals surface area contributed by atoms with Gasteiger partial charge in [-0.1, -0.05) is 23.2 Å². The topological polar surface area (TPSA) is 49.8 Å². The molecule has 3 rings (SSSR count). The molecule has 0 aliphatic carbocycles. The molecule has 1 aromatic heterocycles. The minimum atomic E-state index is -0.945. The molecule has 0 amide bonds. The maximum Gasteiger partial charge on any atom is 0.229 e. The molecule has 0 aliphatic rings. The van der Waals surface area contributed by atoms with Crippen LogP contribution < -0.4 is 10.6 Å². The maximum atomic E-state index is 13.3. The normalized spacial score (nSPS) is 10.6. The summed E-state index contributed by atoms with van der Waals surface area (Å²) in [5.41, 5.74) is 1.59. The standard InChI is InChI=1S/C17H12Cl2F2N4/c1-9-6-16(23-11-3-5-13(20)14(21)8-11)25-17(22-9)24-15-7-10(18)2-4-12(15)19/h2-8H,1H3,(H2,22,23,24,25). The molecule has 25 heavy (non-hydrogen) atoms. The summed E-state index contributed by atoms with van der Waals surface area (Å²) in [6.07, 6.45) is 0. The van der Waals surface area contributed by atoms with Crippen LogP contribution in [0.5, 0.6) is 0 Å². The quantitative estimate of drug-likeness (QED) is 0.595. The van der Waals surface area contributed by atoms with Gasteiger partial charge in [-0.3, -0.25) is 0 Å². The molecule has 2 aromatic carbocycles. The molecule has 128 valence electrons. The van der Waals surface area contributed by atoms with Gasteiger partial charge in [-0.05, 0) is 37.3 Å². The molecule has 0 bridgehead atoms. The molecule has 0 fully saturated rings. The lowest BCUT2D eigenvalue weighted by molar-refractivity contribution is 0.509. The number of nitrogens with zero attached hydrogens (tertiary/aromatic N) is 2. The third-order valence-electron chi connectivity index (χ3n) is 3.22. The Kier molecular flexibility index (Phi) is 5.01. The largest absolute Gasteiger partial charge is 0.340 e. The second-order valence-corrected chi connectivity index (χ2v) is 6.06. The van der Waals surface area contributed by atoms with Crippen molar-refractivity contribution in [3.63, 3.8) is 0 Å². The zero-order chi connectivity index (χ0) is 18.0. The molecule has 0 radical (unpaired) electrons. The van der Waals surface area contributed by atoms with Gasteiger partial charge >= 0.3 is 0 Å². The lowest BCUT2D eigenvalue weighted by atomic mass is 10.3. The van der Waals surface area contributed by atoms with E-state index in [1.807, 2.05) is 0 Å². The summed E-state index contributed by atoms with van der Waals surface area (Å²) in [5.74, 6) is -1.16. The van der Waals surface area contributed by atoms with E-state index in [2.05, 4.69) is 20.6 Å². The van der Waals surface area contributed by atoms with Crippen molar-refractivity contribution in [2.45, 2.75) is 6.92 Å². The Bertz CT molecular complexity index is 935. The molecule has 0 aliphatic heterocycles. The van der Waals surface area contributed by atoms with Crippen LogP contribution in [0.2, 0.25) is 10.0 Å². The molecule has 0 atom stereocenters. The Morgan fingerprint density at radius 1 is 0.880 bits per heavy atom. The van der Waals surface area contributed by atoms with Crippen molar-refractivity contribution < 1.29 is 8.78 Å². The second-order valence-electron chi connectivity index (χ2n) is 5.22. The van der Waals surface area contributed by atoms with Crippen LogP contribution in [0.25, 0.3) is 0 Å². The first kappa shape index (κ1) is 17.4. The maximum absolute atomic E-state index is 13.3. The first-order chi connectivity index (χ1) is 11.9. The van der Waals surface area contributed by atoms with E-state index < -0.39 is 11.6 Å². The van der Waals surface area contributed by atoms with E-state index in [4.69, 9.17) is 23.2 Å². The van der Waals surface area contributed by atoms with Crippen molar-refractivity contribution in [1.82, 2.24) is 9.97 Å². The molecule has 4 nitrogen and oxygen atoms in total. The number of benzene rings is 2. The molecule has 2 N–H and O–H groups in total. The lowest BCUT2D eigenvalue weighted by Gasteiger charge is -2.11. The number of hydrogen-bond donors (Lipinski definition) is 2. The number of aryl methyl sites for hydroxylation is 1. The highest BCUT2D eigenvalue weighted by atomic mass is 35.5. The molecule has 1 heterocycles. The SMILES string of the molecule is Cc1cc(Nc2ccc(F)c(F)c2)nc(Nc2cc(Cl)ccc2Cl)n1. The summed E-state index contributed by atoms with van der Waals surface area (Å²) < 4.78 is 26.3. The van der Waals surface area contributed by atoms with Crippen LogP contribution >= 0.6 is 23.2 Å². The second kappa shape index (κ2) is 7.21. The van der Waals surface area contributed by atoms with Crippen LogP contribution in [0, 0.1) is 18.6 Å². The van der Waals surface area contributed by atoms with Crippen molar-refractivity contribution in [3.8, 4) is 0 Å². The van der Waals surface area contributed by atoms with Gasteiger partial charge in [0.1, 0.15) is 5.82 Å². The zero-order valence-corrected chi connectivity index (χ0v) is 14.5. The Morgan fingerprint density at radius 2 is 1.68 bits per heavy atom. The van der Waals surface area contributed by atoms with Crippen LogP contribution in [0.4, 0.5) is 31.9 Å². The van der Waals surface area contributed by atoms with Crippen LogP contribution in [0.15, 0.2) is 42.5 Å². The van der Waals surface area contributed by atoms with Crippen molar-refractivity contribution in [1.29, 1.82) is 0 Å². The predicted octanol–water partition coefficient (Wildman–Crippen LogP) is 5.86. The highest BCUT2D eigenvalue weighted by Crippen LogP contribution is 2.28. The minimum absolute atomic E-state index is 0.286. The first-order valence-electron chi connectivity index (χ1n) is 7.20. The number of nitrogens with one attached hydrogen (secondary N) is 2. The molecule has 0 saturated carbocycles. The van der Waals surface area contributed by atoms with Gasteiger partial charge in [-0.15, -0.1) is 0 Å². The van der Waals surface area contributed by atoms with Crippen LogP contribution in [-0.2, 0) is 0 Å². The number of aromatic nitrogens is 2. The van der Waals surface area contributed by atoms with Gasteiger partial charge < -0.3 is 10.6 Å². The van der Waals surface area contributed by atoms with Crippen LogP contribution in [-0.4, -0.2) is 9.97 Å². The summed E-state index contributed by atoms with van der Waals surface area (Å²) in [5, 5.41) is 6.87. The van der Waals surface area contributed by atoms with Gasteiger partial charge in [0.15, 0.2) is 11.6 Å². The number of hydrogen-bond acceptors (Lipinski definition) is 4. The van der Waals surface area contributed by atoms with E-state index in [0.29, 0.717) is 32.9 Å². The van der Waals surface area contributed by atoms with E-state index in [9.17, 15) is 8.78 Å². The smallest absolute Gasteiger partial charge is 0.229 e. The first-order valence-corrected chi connectivity index (χ1v) is 7.96. The molecular formula is C17H12Cl2F2N4. The number of rotatable bonds is 4. The van der Waals surface area contributed by atoms with Crippen molar-refractivity contribution in [2.24, 2.45) is 0 Å². The van der Waals surface area contributed by atoms with Gasteiger partial charge in [0, 0.05) is 28.5 Å². The fourth-order valence-corrected chi connectivity index (χ4v) is 2.46. The summed E-state index contributed by atoms with van der Waals surface area (Å²) in [6.45, 7) is 1.78. The van der Waals surface area contributed by atoms with Gasteiger partial charge in [0.05, 0.1) is 10.7 Å². The lowest BCUT2D eigenvalue weighted by Crippen LogP contribution is -2.03. The molecule has 3 aromatic rings. The number of anilines is 4. The van der Waals surface area contributed by atoms with Crippen molar-refractivity contribution in [3.05, 3.63) is 69.8 Å². The molecular weight excluding hydrogens is 369 g/mol. The van der Waals surface area contributed by atoms with Gasteiger partial charge in [-0.2, -0.15) is 4.98 Å². The van der Waals surface area contributed by atoms with Gasteiger partial charge in [-0.25, -0.2) is 13.8 Å². The fourth-order valence-electron chi connectivity index (χ4n) is 2.12. The Labute approximate surface area is 152 Å². The zero-order valence-electron chi connectivity index (χ0n) is 12.9. The van der Waals surface area contributed by atoms with Gasteiger partial charge in [0.25, 0.3) is 0 Å². The van der Waals surface area contributed by atoms with Crippen LogP contribution in [0.1, 0.15) is 5.69 Å². The monoisotopic (exact) mass is 380 g/mol. The average Bonchev–Trinajstić information content (AvgIpc) is 2.54. The van der Waals surface area contributed by atoms with E-state index in [1.54, 1.807) is 31.2 Å².